The van der Waals surface area contributed by atoms with E-state index in [1.165, 1.54) is 0 Å². The number of rotatable bonds is 5. The summed E-state index contributed by atoms with van der Waals surface area (Å²) in [6, 6.07) is 9.39. The number of ether oxygens (including phenoxy) is 1. The van der Waals surface area contributed by atoms with Crippen molar-refractivity contribution in [3.8, 4) is 5.75 Å². The monoisotopic (exact) mass is 310 g/mol. The molecule has 1 N–H and O–H groups in total. The highest BCUT2D eigenvalue weighted by Crippen LogP contribution is 2.21. The van der Waals surface area contributed by atoms with Gasteiger partial charge < -0.3 is 10.1 Å². The van der Waals surface area contributed by atoms with Gasteiger partial charge in [-0.05, 0) is 30.2 Å². The highest BCUT2D eigenvalue weighted by molar-refractivity contribution is 5.99. The van der Waals surface area contributed by atoms with Crippen LogP contribution in [0.15, 0.2) is 48.9 Å². The average Bonchev–Trinajstić information content (AvgIpc) is 3.04. The Bertz CT molecular complexity index is 811. The van der Waals surface area contributed by atoms with Crippen LogP contribution in [-0.2, 0) is 0 Å². The molecular weight excluding hydrogens is 292 g/mol. The minimum atomic E-state index is -0.179. The molecule has 0 radical (unpaired) electrons. The zero-order chi connectivity index (χ0) is 16.2. The van der Waals surface area contributed by atoms with Gasteiger partial charge in [-0.15, -0.1) is 0 Å². The van der Waals surface area contributed by atoms with Crippen molar-refractivity contribution in [2.45, 2.75) is 19.4 Å². The number of benzene rings is 1. The minimum Gasteiger partial charge on any atom is -0.497 e. The quantitative estimate of drug-likeness (QED) is 0.786. The third-order valence-electron chi connectivity index (χ3n) is 3.76. The van der Waals surface area contributed by atoms with Crippen LogP contribution in [0.4, 0.5) is 0 Å². The van der Waals surface area contributed by atoms with Crippen LogP contribution in [-0.4, -0.2) is 27.6 Å². The molecule has 0 saturated carbocycles. The minimum absolute atomic E-state index is 0.0768. The number of amides is 1. The molecule has 2 aromatic heterocycles. The maximum Gasteiger partial charge on any atom is 0.257 e. The first-order valence-electron chi connectivity index (χ1n) is 7.46. The summed E-state index contributed by atoms with van der Waals surface area (Å²) in [4.78, 5) is 16.8. The van der Waals surface area contributed by atoms with Gasteiger partial charge in [0, 0.05) is 12.4 Å². The summed E-state index contributed by atoms with van der Waals surface area (Å²) in [5, 5.41) is 7.19. The molecule has 1 atom stereocenters. The van der Waals surface area contributed by atoms with Gasteiger partial charge in [0.15, 0.2) is 5.65 Å². The second kappa shape index (κ2) is 6.48. The van der Waals surface area contributed by atoms with Crippen LogP contribution >= 0.6 is 0 Å². The van der Waals surface area contributed by atoms with E-state index in [0.717, 1.165) is 17.7 Å². The van der Waals surface area contributed by atoms with Crippen molar-refractivity contribution in [3.05, 3.63) is 60.0 Å². The lowest BCUT2D eigenvalue weighted by molar-refractivity contribution is 0.0937. The molecule has 0 spiro atoms. The first-order valence-corrected chi connectivity index (χ1v) is 7.46. The highest BCUT2D eigenvalue weighted by atomic mass is 16.5. The molecule has 0 saturated heterocycles. The number of carbonyl (C=O) groups is 1. The van der Waals surface area contributed by atoms with Gasteiger partial charge in [0.25, 0.3) is 5.91 Å². The lowest BCUT2D eigenvalue weighted by Gasteiger charge is -2.17. The van der Waals surface area contributed by atoms with E-state index >= 15 is 0 Å². The fourth-order valence-corrected chi connectivity index (χ4v) is 2.48. The number of methoxy groups -OCH3 is 1. The molecule has 0 aliphatic heterocycles. The standard InChI is InChI=1S/C17H18N4O2/c1-3-15(12-5-7-13(23-2)8-6-12)20-17(22)14-11-19-21-10-4-9-18-16(14)21/h4-11,15H,3H2,1-2H3,(H,20,22). The Morgan fingerprint density at radius 2 is 2.13 bits per heavy atom. The van der Waals surface area contributed by atoms with E-state index in [9.17, 15) is 4.79 Å². The van der Waals surface area contributed by atoms with Crippen LogP contribution in [0.3, 0.4) is 0 Å². The SMILES string of the molecule is CCC(NC(=O)c1cnn2cccnc12)c1ccc(OC)cc1. The number of aromatic nitrogens is 3. The van der Waals surface area contributed by atoms with Gasteiger partial charge in [-0.25, -0.2) is 9.50 Å². The fraction of sp³-hybridized carbons (Fsp3) is 0.235. The molecule has 1 aromatic carbocycles. The molecule has 23 heavy (non-hydrogen) atoms. The van der Waals surface area contributed by atoms with Gasteiger partial charge in [0.1, 0.15) is 11.3 Å². The van der Waals surface area contributed by atoms with Gasteiger partial charge in [-0.3, -0.25) is 4.79 Å². The van der Waals surface area contributed by atoms with Crippen molar-refractivity contribution in [1.82, 2.24) is 19.9 Å². The number of nitrogens with one attached hydrogen (secondary N) is 1. The Morgan fingerprint density at radius 1 is 1.35 bits per heavy atom. The second-order valence-corrected chi connectivity index (χ2v) is 5.15. The smallest absolute Gasteiger partial charge is 0.257 e. The molecule has 0 aliphatic carbocycles. The van der Waals surface area contributed by atoms with Crippen molar-refractivity contribution in [2.75, 3.05) is 7.11 Å². The Labute approximate surface area is 134 Å². The summed E-state index contributed by atoms with van der Waals surface area (Å²) in [7, 11) is 1.63. The molecule has 0 fully saturated rings. The summed E-state index contributed by atoms with van der Waals surface area (Å²) in [6.45, 7) is 2.03. The van der Waals surface area contributed by atoms with Crippen LogP contribution in [0.2, 0.25) is 0 Å². The number of hydrogen-bond donors (Lipinski definition) is 1. The zero-order valence-corrected chi connectivity index (χ0v) is 13.1. The predicted octanol–water partition coefficient (Wildman–Crippen LogP) is 2.62. The van der Waals surface area contributed by atoms with Gasteiger partial charge in [-0.1, -0.05) is 19.1 Å². The van der Waals surface area contributed by atoms with E-state index in [0.29, 0.717) is 11.2 Å². The Balaban J connectivity index is 1.81. The van der Waals surface area contributed by atoms with E-state index in [1.54, 1.807) is 36.3 Å². The van der Waals surface area contributed by atoms with Crippen LogP contribution < -0.4 is 10.1 Å². The first-order chi connectivity index (χ1) is 11.2. The topological polar surface area (TPSA) is 68.5 Å². The predicted molar refractivity (Wildman–Crippen MR) is 86.5 cm³/mol. The molecule has 0 aliphatic rings. The molecule has 3 aromatic rings. The molecule has 3 rings (SSSR count). The van der Waals surface area contributed by atoms with E-state index in [-0.39, 0.29) is 11.9 Å². The van der Waals surface area contributed by atoms with Crippen molar-refractivity contribution >= 4 is 11.6 Å². The maximum absolute atomic E-state index is 12.6. The molecule has 1 unspecified atom stereocenters. The van der Waals surface area contributed by atoms with Crippen molar-refractivity contribution in [1.29, 1.82) is 0 Å². The lowest BCUT2D eigenvalue weighted by atomic mass is 10.0. The molecule has 1 amide bonds. The molecular formula is C17H18N4O2. The molecule has 6 heteroatoms. The van der Waals surface area contributed by atoms with Crippen LogP contribution in [0.25, 0.3) is 5.65 Å². The van der Waals surface area contributed by atoms with E-state index in [2.05, 4.69) is 15.4 Å². The van der Waals surface area contributed by atoms with Crippen molar-refractivity contribution in [3.63, 3.8) is 0 Å². The number of hydrogen-bond acceptors (Lipinski definition) is 4. The number of fused-ring (bicyclic) bond motifs is 1. The Morgan fingerprint density at radius 3 is 2.83 bits per heavy atom. The fourth-order valence-electron chi connectivity index (χ4n) is 2.48. The number of nitrogens with zero attached hydrogens (tertiary/aromatic N) is 3. The molecule has 2 heterocycles. The summed E-state index contributed by atoms with van der Waals surface area (Å²) in [5.41, 5.74) is 2.05. The zero-order valence-electron chi connectivity index (χ0n) is 13.1. The number of carbonyl (C=O) groups excluding carboxylic acids is 1. The van der Waals surface area contributed by atoms with Gasteiger partial charge in [0.05, 0.1) is 19.3 Å². The molecule has 118 valence electrons. The van der Waals surface area contributed by atoms with Crippen molar-refractivity contribution in [2.24, 2.45) is 0 Å². The Kier molecular flexibility index (Phi) is 4.23. The van der Waals surface area contributed by atoms with Crippen LogP contribution in [0.5, 0.6) is 5.75 Å². The summed E-state index contributed by atoms with van der Waals surface area (Å²) >= 11 is 0. The summed E-state index contributed by atoms with van der Waals surface area (Å²) in [5.74, 6) is 0.614. The van der Waals surface area contributed by atoms with Crippen LogP contribution in [0, 0.1) is 0 Å². The normalized spacial score (nSPS) is 12.1. The maximum atomic E-state index is 12.6. The third-order valence-corrected chi connectivity index (χ3v) is 3.76. The van der Waals surface area contributed by atoms with E-state index < -0.39 is 0 Å². The van der Waals surface area contributed by atoms with Crippen LogP contribution in [0.1, 0.15) is 35.3 Å². The summed E-state index contributed by atoms with van der Waals surface area (Å²) in [6.07, 6.45) is 5.73. The van der Waals surface area contributed by atoms with E-state index in [1.807, 2.05) is 31.2 Å². The van der Waals surface area contributed by atoms with E-state index in [4.69, 9.17) is 4.74 Å². The molecule has 6 nitrogen and oxygen atoms in total. The highest BCUT2D eigenvalue weighted by Gasteiger charge is 2.18. The second-order valence-electron chi connectivity index (χ2n) is 5.15. The van der Waals surface area contributed by atoms with Gasteiger partial charge >= 0.3 is 0 Å². The third kappa shape index (κ3) is 3.01. The largest absolute Gasteiger partial charge is 0.497 e. The van der Waals surface area contributed by atoms with Crippen molar-refractivity contribution < 1.29 is 9.53 Å². The molecule has 0 bridgehead atoms. The Hall–Kier alpha value is -2.89. The first kappa shape index (κ1) is 15.0. The summed E-state index contributed by atoms with van der Waals surface area (Å²) < 4.78 is 6.75. The van der Waals surface area contributed by atoms with Gasteiger partial charge in [0.2, 0.25) is 0 Å². The average molecular weight is 310 g/mol. The van der Waals surface area contributed by atoms with Gasteiger partial charge in [-0.2, -0.15) is 5.10 Å². The lowest BCUT2D eigenvalue weighted by Crippen LogP contribution is -2.28.